The third-order valence-electron chi connectivity index (χ3n) is 3.32. The molecule has 4 rings (SSSR count). The van der Waals surface area contributed by atoms with Crippen LogP contribution in [0.1, 0.15) is 15.1 Å². The molecule has 0 atom stereocenters. The van der Waals surface area contributed by atoms with Crippen LogP contribution in [0.5, 0.6) is 5.75 Å². The van der Waals surface area contributed by atoms with E-state index in [2.05, 4.69) is 0 Å². The minimum atomic E-state index is -2.40. The summed E-state index contributed by atoms with van der Waals surface area (Å²) in [6.45, 7) is 0. The van der Waals surface area contributed by atoms with Gasteiger partial charge in [-0.15, -0.1) is 0 Å². The number of benzene rings is 3. The number of rotatable bonds is 2. The fourth-order valence-electron chi connectivity index (χ4n) is 2.34. The summed E-state index contributed by atoms with van der Waals surface area (Å²) in [5, 5.41) is 28.8. The lowest BCUT2D eigenvalue weighted by Crippen LogP contribution is -2.30. The summed E-state index contributed by atoms with van der Waals surface area (Å²) in [6.07, 6.45) is 0. The molecule has 0 aliphatic rings. The second-order valence-corrected chi connectivity index (χ2v) is 4.64. The lowest BCUT2D eigenvalue weighted by molar-refractivity contribution is 0.419. The van der Waals surface area contributed by atoms with Gasteiger partial charge in [-0.3, -0.25) is 0 Å². The number of fused-ring (bicyclic) bond motifs is 3. The summed E-state index contributed by atoms with van der Waals surface area (Å²) in [7, 11) is -2.40. The predicted octanol–water partition coefficient (Wildman–Crippen LogP) is 2.17. The van der Waals surface area contributed by atoms with Crippen molar-refractivity contribution < 1.29 is 30.2 Å². The van der Waals surface area contributed by atoms with Crippen LogP contribution in [0.4, 0.5) is 0 Å². The molecule has 112 valence electrons. The average Bonchev–Trinajstić information content (AvgIpc) is 3.13. The van der Waals surface area contributed by atoms with Gasteiger partial charge in [-0.25, -0.2) is 0 Å². The maximum Gasteiger partial charge on any atom is 0.492 e. The van der Waals surface area contributed by atoms with E-state index in [1.807, 2.05) is 0 Å². The zero-order chi connectivity index (χ0) is 25.5. The number of phenolic OH excluding ortho intramolecular Hbond substituents is 1. The van der Waals surface area contributed by atoms with Crippen molar-refractivity contribution in [2.45, 2.75) is 0 Å². The van der Waals surface area contributed by atoms with Gasteiger partial charge in [0, 0.05) is 28.0 Å². The standard InChI is InChI=1S/C18H14BNO3/c21-18-11-12(9-10-15(18)19(22)23)20-16-7-3-1-5-13(16)14-6-2-4-8-17(14)20/h1-11,21-23H/i1D,2D,3D,4D,5D,6D,7D,8D,9D,10D,11D. The molecule has 1 aromatic heterocycles. The molecule has 5 heteroatoms. The van der Waals surface area contributed by atoms with Gasteiger partial charge in [0.25, 0.3) is 0 Å². The van der Waals surface area contributed by atoms with Crippen molar-refractivity contribution in [2.75, 3.05) is 0 Å². The van der Waals surface area contributed by atoms with Crippen molar-refractivity contribution in [1.29, 1.82) is 0 Å². The van der Waals surface area contributed by atoms with Crippen molar-refractivity contribution >= 4 is 34.4 Å². The third-order valence-corrected chi connectivity index (χ3v) is 3.32. The van der Waals surface area contributed by atoms with Gasteiger partial charge in [-0.2, -0.15) is 0 Å². The Balaban J connectivity index is 2.45. The number of aromatic hydroxyl groups is 1. The summed E-state index contributed by atoms with van der Waals surface area (Å²) < 4.78 is 91.3. The molecule has 3 N–H and O–H groups in total. The molecule has 4 aromatic rings. The van der Waals surface area contributed by atoms with E-state index in [0.717, 1.165) is 4.57 Å². The molecule has 4 nitrogen and oxygen atoms in total. The van der Waals surface area contributed by atoms with E-state index in [0.29, 0.717) is 0 Å². The molecule has 0 fully saturated rings. The van der Waals surface area contributed by atoms with Gasteiger partial charge in [0.2, 0.25) is 0 Å². The molecule has 3 aromatic carbocycles. The first kappa shape index (κ1) is 6.39. The molecule has 0 aliphatic heterocycles. The number of hydrogen-bond acceptors (Lipinski definition) is 3. The van der Waals surface area contributed by atoms with Crippen molar-refractivity contribution in [3.8, 4) is 11.4 Å². The lowest BCUT2D eigenvalue weighted by atomic mass is 9.79. The Kier molecular flexibility index (Phi) is 1.43. The summed E-state index contributed by atoms with van der Waals surface area (Å²) in [4.78, 5) is 0. The second-order valence-electron chi connectivity index (χ2n) is 4.64. The first-order chi connectivity index (χ1) is 15.7. The highest BCUT2D eigenvalue weighted by molar-refractivity contribution is 6.59. The van der Waals surface area contributed by atoms with Gasteiger partial charge < -0.3 is 19.7 Å². The molecule has 0 bridgehead atoms. The second kappa shape index (κ2) is 5.16. The smallest absolute Gasteiger partial charge is 0.492 e. The molecule has 0 unspecified atom stereocenters. The van der Waals surface area contributed by atoms with Gasteiger partial charge in [-0.05, 0) is 18.1 Å². The van der Waals surface area contributed by atoms with Crippen LogP contribution in [-0.4, -0.2) is 26.8 Å². The monoisotopic (exact) mass is 314 g/mol. The highest BCUT2D eigenvalue weighted by Crippen LogP contribution is 2.32. The van der Waals surface area contributed by atoms with E-state index in [4.69, 9.17) is 15.1 Å². The number of aromatic nitrogens is 1. The highest BCUT2D eigenvalue weighted by Gasteiger charge is 2.18. The quantitative estimate of drug-likeness (QED) is 0.497. The Labute approximate surface area is 148 Å². The van der Waals surface area contributed by atoms with Crippen molar-refractivity contribution in [2.24, 2.45) is 0 Å². The Bertz CT molecular complexity index is 1460. The summed E-state index contributed by atoms with van der Waals surface area (Å²) >= 11 is 0. The Morgan fingerprint density at radius 3 is 1.96 bits per heavy atom. The molecule has 23 heavy (non-hydrogen) atoms. The predicted molar refractivity (Wildman–Crippen MR) is 92.3 cm³/mol. The largest absolute Gasteiger partial charge is 0.508 e. The van der Waals surface area contributed by atoms with E-state index in [1.54, 1.807) is 0 Å². The van der Waals surface area contributed by atoms with Gasteiger partial charge in [-0.1, -0.05) is 42.3 Å². The molecular weight excluding hydrogens is 289 g/mol. The maximum atomic E-state index is 10.4. The minimum Gasteiger partial charge on any atom is -0.508 e. The lowest BCUT2D eigenvalue weighted by Gasteiger charge is -2.10. The highest BCUT2D eigenvalue weighted by atomic mass is 16.4. The zero-order valence-corrected chi connectivity index (χ0v) is 11.4. The summed E-state index contributed by atoms with van der Waals surface area (Å²) in [5.41, 5.74) is -2.26. The van der Waals surface area contributed by atoms with Gasteiger partial charge in [0.15, 0.2) is 0 Å². The van der Waals surface area contributed by atoms with Crippen LogP contribution in [0, 0.1) is 0 Å². The molecule has 0 saturated heterocycles. The van der Waals surface area contributed by atoms with Crippen LogP contribution in [0.15, 0.2) is 66.5 Å². The van der Waals surface area contributed by atoms with E-state index >= 15 is 0 Å². The van der Waals surface area contributed by atoms with Gasteiger partial charge in [0.1, 0.15) is 5.75 Å². The first-order valence-electron chi connectivity index (χ1n) is 11.9. The van der Waals surface area contributed by atoms with Crippen LogP contribution in [0.25, 0.3) is 27.5 Å². The molecule has 0 radical (unpaired) electrons. The normalized spacial score (nSPS) is 17.9. The molecule has 0 spiro atoms. The summed E-state index contributed by atoms with van der Waals surface area (Å²) in [6, 6.07) is -8.04. The fraction of sp³-hybridized carbons (Fsp3) is 0. The minimum absolute atomic E-state index is 0.302. The Hall–Kier alpha value is -2.76. The third kappa shape index (κ3) is 2.10. The Morgan fingerprint density at radius 1 is 0.826 bits per heavy atom. The molecule has 1 heterocycles. The molecule has 0 saturated carbocycles. The number of nitrogens with zero attached hydrogens (tertiary/aromatic N) is 1. The molecule has 0 aliphatic carbocycles. The van der Waals surface area contributed by atoms with E-state index in [-0.39, 0.29) is 10.8 Å². The van der Waals surface area contributed by atoms with Gasteiger partial charge in [0.05, 0.1) is 26.1 Å². The molecule has 0 amide bonds. The maximum absolute atomic E-state index is 10.4. The zero-order valence-electron chi connectivity index (χ0n) is 22.4. The van der Waals surface area contributed by atoms with E-state index < -0.39 is 102 Å². The molecular formula is C18H14BNO3. The van der Waals surface area contributed by atoms with Crippen molar-refractivity contribution in [3.63, 3.8) is 0 Å². The van der Waals surface area contributed by atoms with E-state index in [9.17, 15) is 15.2 Å². The van der Waals surface area contributed by atoms with Crippen LogP contribution < -0.4 is 5.46 Å². The fourth-order valence-corrected chi connectivity index (χ4v) is 2.34. The van der Waals surface area contributed by atoms with Crippen molar-refractivity contribution in [3.05, 3.63) is 66.5 Å². The number of phenols is 1. The van der Waals surface area contributed by atoms with Crippen LogP contribution in [0.2, 0.25) is 0 Å². The Morgan fingerprint density at radius 2 is 1.39 bits per heavy atom. The average molecular weight is 314 g/mol. The van der Waals surface area contributed by atoms with E-state index in [1.165, 1.54) is 0 Å². The number of para-hydroxylation sites is 2. The van der Waals surface area contributed by atoms with Gasteiger partial charge >= 0.3 is 7.12 Å². The number of hydrogen-bond donors (Lipinski definition) is 3. The van der Waals surface area contributed by atoms with Crippen LogP contribution in [0.3, 0.4) is 0 Å². The summed E-state index contributed by atoms with van der Waals surface area (Å²) in [5.74, 6) is -1.08. The van der Waals surface area contributed by atoms with Crippen molar-refractivity contribution in [1.82, 2.24) is 4.57 Å². The topological polar surface area (TPSA) is 65.6 Å². The SMILES string of the molecule is [2H]c1c([2H])c(-n2c3c([2H])c([2H])c([2H])c([2H])c3c3c([2H])c([2H])c([2H])c([2H])c32)c([2H])c(O)c1B(O)O. The van der Waals surface area contributed by atoms with Crippen LogP contribution in [-0.2, 0) is 0 Å². The first-order valence-corrected chi connectivity index (χ1v) is 6.45. The van der Waals surface area contributed by atoms with Crippen LogP contribution >= 0.6 is 0 Å².